The third-order valence-corrected chi connectivity index (χ3v) is 4.71. The molecule has 0 bridgehead atoms. The molecule has 1 heterocycles. The molecule has 0 spiro atoms. The van der Waals surface area contributed by atoms with E-state index in [1.54, 1.807) is 6.07 Å². The van der Waals surface area contributed by atoms with Gasteiger partial charge in [-0.25, -0.2) is 4.39 Å². The van der Waals surface area contributed by atoms with Crippen molar-refractivity contribution in [1.29, 1.82) is 0 Å². The SMILES string of the molecule is Cc1cc(C2CCN(C(C)C)CC2)c(F)cc1C(C)C. The summed E-state index contributed by atoms with van der Waals surface area (Å²) >= 11 is 0. The van der Waals surface area contributed by atoms with E-state index in [1.165, 1.54) is 5.56 Å². The van der Waals surface area contributed by atoms with E-state index in [0.29, 0.717) is 17.9 Å². The first-order chi connectivity index (χ1) is 9.40. The molecule has 2 heteroatoms. The Morgan fingerprint density at radius 3 is 2.20 bits per heavy atom. The highest BCUT2D eigenvalue weighted by atomic mass is 19.1. The maximum absolute atomic E-state index is 14.4. The van der Waals surface area contributed by atoms with Crippen molar-refractivity contribution < 1.29 is 4.39 Å². The predicted octanol–water partition coefficient (Wildman–Crippen LogP) is 4.85. The molecule has 0 amide bonds. The van der Waals surface area contributed by atoms with Gasteiger partial charge in [0.05, 0.1) is 0 Å². The number of nitrogens with zero attached hydrogens (tertiary/aromatic N) is 1. The Balaban J connectivity index is 2.16. The normalized spacial score (nSPS) is 18.2. The first-order valence-corrected chi connectivity index (χ1v) is 7.94. The summed E-state index contributed by atoms with van der Waals surface area (Å²) in [6, 6.07) is 4.47. The maximum Gasteiger partial charge on any atom is 0.126 e. The molecule has 0 saturated carbocycles. The molecule has 2 rings (SSSR count). The predicted molar refractivity (Wildman–Crippen MR) is 83.9 cm³/mol. The maximum atomic E-state index is 14.4. The first kappa shape index (κ1) is 15.5. The molecule has 112 valence electrons. The fourth-order valence-corrected chi connectivity index (χ4v) is 3.38. The van der Waals surface area contributed by atoms with Crippen LogP contribution in [0.1, 0.15) is 69.1 Å². The van der Waals surface area contributed by atoms with Crippen LogP contribution in [0.5, 0.6) is 0 Å². The van der Waals surface area contributed by atoms with Crippen molar-refractivity contribution in [1.82, 2.24) is 4.90 Å². The Hall–Kier alpha value is -0.890. The Kier molecular flexibility index (Phi) is 4.85. The van der Waals surface area contributed by atoms with E-state index in [2.05, 4.69) is 45.6 Å². The van der Waals surface area contributed by atoms with E-state index in [0.717, 1.165) is 37.1 Å². The van der Waals surface area contributed by atoms with Crippen LogP contribution in [0.25, 0.3) is 0 Å². The quantitative estimate of drug-likeness (QED) is 0.763. The van der Waals surface area contributed by atoms with Crippen LogP contribution in [0.4, 0.5) is 4.39 Å². The second-order valence-electron chi connectivity index (χ2n) is 6.79. The zero-order chi connectivity index (χ0) is 14.9. The zero-order valence-electron chi connectivity index (χ0n) is 13.5. The minimum atomic E-state index is 0.00213. The van der Waals surface area contributed by atoms with Crippen LogP contribution < -0.4 is 0 Å². The summed E-state index contributed by atoms with van der Waals surface area (Å²) in [7, 11) is 0. The lowest BCUT2D eigenvalue weighted by Crippen LogP contribution is -2.38. The summed E-state index contributed by atoms with van der Waals surface area (Å²) in [6.45, 7) is 13.0. The topological polar surface area (TPSA) is 3.24 Å². The molecule has 0 N–H and O–H groups in total. The average Bonchev–Trinajstić information content (AvgIpc) is 2.40. The summed E-state index contributed by atoms with van der Waals surface area (Å²) < 4.78 is 14.4. The summed E-state index contributed by atoms with van der Waals surface area (Å²) in [6.07, 6.45) is 2.16. The number of piperidine rings is 1. The van der Waals surface area contributed by atoms with Crippen molar-refractivity contribution in [2.24, 2.45) is 0 Å². The first-order valence-electron chi connectivity index (χ1n) is 7.94. The fraction of sp³-hybridized carbons (Fsp3) is 0.667. The highest BCUT2D eigenvalue weighted by Gasteiger charge is 2.24. The van der Waals surface area contributed by atoms with Crippen molar-refractivity contribution in [3.05, 3.63) is 34.6 Å². The number of benzene rings is 1. The minimum absolute atomic E-state index is 0.00213. The van der Waals surface area contributed by atoms with Gasteiger partial charge in [0.15, 0.2) is 0 Å². The molecule has 0 radical (unpaired) electrons. The molecular weight excluding hydrogens is 249 g/mol. The van der Waals surface area contributed by atoms with E-state index in [9.17, 15) is 4.39 Å². The van der Waals surface area contributed by atoms with Gasteiger partial charge >= 0.3 is 0 Å². The van der Waals surface area contributed by atoms with Crippen LogP contribution in [-0.2, 0) is 0 Å². The number of rotatable bonds is 3. The molecule has 1 aliphatic rings. The van der Waals surface area contributed by atoms with E-state index < -0.39 is 0 Å². The van der Waals surface area contributed by atoms with E-state index in [1.807, 2.05) is 0 Å². The molecule has 0 aliphatic carbocycles. The summed E-state index contributed by atoms with van der Waals surface area (Å²) in [5.74, 6) is 0.786. The third-order valence-electron chi connectivity index (χ3n) is 4.71. The summed E-state index contributed by atoms with van der Waals surface area (Å²) in [5.41, 5.74) is 3.32. The highest BCUT2D eigenvalue weighted by molar-refractivity contribution is 5.36. The summed E-state index contributed by atoms with van der Waals surface area (Å²) in [5, 5.41) is 0. The van der Waals surface area contributed by atoms with Crippen molar-refractivity contribution >= 4 is 0 Å². The minimum Gasteiger partial charge on any atom is -0.301 e. The Bertz CT molecular complexity index is 457. The van der Waals surface area contributed by atoms with E-state index in [4.69, 9.17) is 0 Å². The number of aryl methyl sites for hydroxylation is 1. The number of hydrogen-bond donors (Lipinski definition) is 0. The fourth-order valence-electron chi connectivity index (χ4n) is 3.38. The van der Waals surface area contributed by atoms with Crippen LogP contribution in [-0.4, -0.2) is 24.0 Å². The van der Waals surface area contributed by atoms with Crippen molar-refractivity contribution in [2.75, 3.05) is 13.1 Å². The zero-order valence-corrected chi connectivity index (χ0v) is 13.5. The van der Waals surface area contributed by atoms with Gasteiger partial charge in [0.2, 0.25) is 0 Å². The summed E-state index contributed by atoms with van der Waals surface area (Å²) in [4.78, 5) is 2.49. The Morgan fingerprint density at radius 2 is 1.70 bits per heavy atom. The van der Waals surface area contributed by atoms with Gasteiger partial charge in [-0.2, -0.15) is 0 Å². The van der Waals surface area contributed by atoms with Crippen molar-refractivity contribution in [3.8, 4) is 0 Å². The largest absolute Gasteiger partial charge is 0.301 e. The van der Waals surface area contributed by atoms with Crippen LogP contribution in [0, 0.1) is 12.7 Å². The molecule has 1 aromatic carbocycles. The number of halogens is 1. The molecule has 0 unspecified atom stereocenters. The van der Waals surface area contributed by atoms with Gasteiger partial charge in [-0.15, -0.1) is 0 Å². The molecule has 1 aliphatic heterocycles. The standard InChI is InChI=1S/C18H28FN/c1-12(2)16-11-18(19)17(10-14(16)5)15-6-8-20(9-7-15)13(3)4/h10-13,15H,6-9H2,1-5H3. The lowest BCUT2D eigenvalue weighted by atomic mass is 9.85. The Morgan fingerprint density at radius 1 is 1.10 bits per heavy atom. The third kappa shape index (κ3) is 3.22. The molecule has 0 aromatic heterocycles. The van der Waals surface area contributed by atoms with Crippen LogP contribution >= 0.6 is 0 Å². The molecule has 20 heavy (non-hydrogen) atoms. The van der Waals surface area contributed by atoms with Crippen molar-refractivity contribution in [3.63, 3.8) is 0 Å². The van der Waals surface area contributed by atoms with Gasteiger partial charge in [0.25, 0.3) is 0 Å². The van der Waals surface area contributed by atoms with E-state index in [-0.39, 0.29) is 5.82 Å². The van der Waals surface area contributed by atoms with Gasteiger partial charge in [0.1, 0.15) is 5.82 Å². The van der Waals surface area contributed by atoms with Gasteiger partial charge in [0, 0.05) is 6.04 Å². The van der Waals surface area contributed by atoms with Crippen LogP contribution in [0.15, 0.2) is 12.1 Å². The van der Waals surface area contributed by atoms with Gasteiger partial charge < -0.3 is 4.90 Å². The molecule has 1 saturated heterocycles. The van der Waals surface area contributed by atoms with E-state index >= 15 is 0 Å². The lowest BCUT2D eigenvalue weighted by Gasteiger charge is -2.35. The monoisotopic (exact) mass is 277 g/mol. The number of likely N-dealkylation sites (tertiary alicyclic amines) is 1. The lowest BCUT2D eigenvalue weighted by molar-refractivity contribution is 0.171. The second kappa shape index (κ2) is 6.26. The second-order valence-corrected chi connectivity index (χ2v) is 6.79. The van der Waals surface area contributed by atoms with Crippen LogP contribution in [0.2, 0.25) is 0 Å². The van der Waals surface area contributed by atoms with Gasteiger partial charge in [-0.3, -0.25) is 0 Å². The smallest absolute Gasteiger partial charge is 0.126 e. The van der Waals surface area contributed by atoms with Crippen molar-refractivity contribution in [2.45, 2.75) is 65.3 Å². The highest BCUT2D eigenvalue weighted by Crippen LogP contribution is 2.33. The number of hydrogen-bond acceptors (Lipinski definition) is 1. The molecule has 1 aromatic rings. The van der Waals surface area contributed by atoms with Crippen LogP contribution in [0.3, 0.4) is 0 Å². The van der Waals surface area contributed by atoms with Gasteiger partial charge in [-0.05, 0) is 81.3 Å². The molecular formula is C18H28FN. The molecule has 1 fully saturated rings. The molecule has 1 nitrogen and oxygen atoms in total. The molecule has 0 atom stereocenters. The Labute approximate surface area is 123 Å². The average molecular weight is 277 g/mol. The van der Waals surface area contributed by atoms with Gasteiger partial charge in [-0.1, -0.05) is 19.9 Å².